The summed E-state index contributed by atoms with van der Waals surface area (Å²) in [7, 11) is 3.45. The van der Waals surface area contributed by atoms with Gasteiger partial charge >= 0.3 is 4.87 Å². The fraction of sp³-hybridized carbons (Fsp3) is 0.200. The lowest BCUT2D eigenvalue weighted by Gasteiger charge is -1.98. The van der Waals surface area contributed by atoms with E-state index < -0.39 is 0 Å². The molecule has 0 radical (unpaired) electrons. The Balaban J connectivity index is 2.45. The molecule has 0 saturated carbocycles. The minimum Gasteiger partial charge on any atom is -0.497 e. The van der Waals surface area contributed by atoms with Gasteiger partial charge in [0.15, 0.2) is 7.05 Å². The van der Waals surface area contributed by atoms with E-state index in [0.29, 0.717) is 0 Å². The van der Waals surface area contributed by atoms with Gasteiger partial charge in [-0.3, -0.25) is 4.79 Å². The Kier molecular flexibility index (Phi) is 2.55. The molecule has 0 aliphatic heterocycles. The van der Waals surface area contributed by atoms with Crippen molar-refractivity contribution in [2.75, 3.05) is 7.11 Å². The van der Waals surface area contributed by atoms with Gasteiger partial charge in [-0.05, 0) is 35.6 Å². The summed E-state index contributed by atoms with van der Waals surface area (Å²) >= 11 is 1.19. The maximum atomic E-state index is 11.1. The van der Waals surface area contributed by atoms with Crippen molar-refractivity contribution < 1.29 is 9.42 Å². The SMILES string of the molecule is COc1ccc(-c2sc(=O)[nH][n+]2C)cc1. The molecule has 0 spiro atoms. The van der Waals surface area contributed by atoms with Gasteiger partial charge in [0, 0.05) is 0 Å². The summed E-state index contributed by atoms with van der Waals surface area (Å²) in [4.78, 5) is 11.1. The third kappa shape index (κ3) is 1.92. The van der Waals surface area contributed by atoms with E-state index in [4.69, 9.17) is 4.74 Å². The summed E-state index contributed by atoms with van der Waals surface area (Å²) < 4.78 is 6.78. The van der Waals surface area contributed by atoms with Crippen LogP contribution in [0.1, 0.15) is 0 Å². The maximum absolute atomic E-state index is 11.1. The molecule has 0 aliphatic carbocycles. The van der Waals surface area contributed by atoms with E-state index in [1.165, 1.54) is 11.3 Å². The number of aromatic amines is 1. The molecule has 0 amide bonds. The number of benzene rings is 1. The van der Waals surface area contributed by atoms with Gasteiger partial charge in [0.25, 0.3) is 5.01 Å². The van der Waals surface area contributed by atoms with Crippen molar-refractivity contribution in [2.24, 2.45) is 7.05 Å². The number of aromatic nitrogens is 2. The zero-order valence-corrected chi connectivity index (χ0v) is 9.30. The van der Waals surface area contributed by atoms with E-state index in [1.807, 2.05) is 31.3 Å². The van der Waals surface area contributed by atoms with Gasteiger partial charge in [0.1, 0.15) is 5.75 Å². The van der Waals surface area contributed by atoms with Crippen molar-refractivity contribution in [1.29, 1.82) is 0 Å². The van der Waals surface area contributed by atoms with Gasteiger partial charge in [-0.1, -0.05) is 4.68 Å². The zero-order valence-electron chi connectivity index (χ0n) is 8.48. The lowest BCUT2D eigenvalue weighted by Crippen LogP contribution is -2.33. The number of methoxy groups -OCH3 is 1. The molecule has 0 bridgehead atoms. The fourth-order valence-electron chi connectivity index (χ4n) is 1.35. The van der Waals surface area contributed by atoms with Crippen molar-refractivity contribution in [1.82, 2.24) is 5.10 Å². The maximum Gasteiger partial charge on any atom is 0.359 e. The van der Waals surface area contributed by atoms with Crippen LogP contribution in [0.3, 0.4) is 0 Å². The third-order valence-electron chi connectivity index (χ3n) is 2.09. The number of ether oxygens (including phenoxy) is 1. The largest absolute Gasteiger partial charge is 0.497 e. The van der Waals surface area contributed by atoms with E-state index in [2.05, 4.69) is 5.10 Å². The topological polar surface area (TPSA) is 46.0 Å². The summed E-state index contributed by atoms with van der Waals surface area (Å²) in [5, 5.41) is 3.59. The van der Waals surface area contributed by atoms with Gasteiger partial charge in [-0.2, -0.15) is 0 Å². The van der Waals surface area contributed by atoms with E-state index >= 15 is 0 Å². The molecule has 1 N–H and O–H groups in total. The molecule has 5 heteroatoms. The predicted molar refractivity (Wildman–Crippen MR) is 58.1 cm³/mol. The molecule has 0 unspecified atom stereocenters. The first-order chi connectivity index (χ1) is 7.20. The molecule has 0 atom stereocenters. The van der Waals surface area contributed by atoms with E-state index in [1.54, 1.807) is 11.8 Å². The van der Waals surface area contributed by atoms with E-state index in [-0.39, 0.29) is 4.87 Å². The van der Waals surface area contributed by atoms with Crippen molar-refractivity contribution in [3.63, 3.8) is 0 Å². The van der Waals surface area contributed by atoms with Crippen molar-refractivity contribution in [3.05, 3.63) is 33.9 Å². The van der Waals surface area contributed by atoms with Crippen molar-refractivity contribution >= 4 is 11.3 Å². The van der Waals surface area contributed by atoms with Crippen LogP contribution in [0, 0.1) is 0 Å². The Morgan fingerprint density at radius 1 is 1.33 bits per heavy atom. The molecule has 0 saturated heterocycles. The second-order valence-electron chi connectivity index (χ2n) is 3.09. The normalized spacial score (nSPS) is 10.3. The van der Waals surface area contributed by atoms with Gasteiger partial charge in [-0.15, -0.1) is 5.10 Å². The number of aryl methyl sites for hydroxylation is 1. The molecule has 78 valence electrons. The van der Waals surface area contributed by atoms with Crippen LogP contribution in [0.2, 0.25) is 0 Å². The Hall–Kier alpha value is -1.62. The van der Waals surface area contributed by atoms with Gasteiger partial charge in [-0.25, -0.2) is 0 Å². The number of nitrogens with one attached hydrogen (secondary N) is 1. The first-order valence-corrected chi connectivity index (χ1v) is 5.26. The highest BCUT2D eigenvalue weighted by atomic mass is 32.1. The van der Waals surface area contributed by atoms with Crippen LogP contribution < -0.4 is 14.3 Å². The Morgan fingerprint density at radius 3 is 2.47 bits per heavy atom. The number of hydrogen-bond acceptors (Lipinski definition) is 3. The Bertz CT molecular complexity index is 513. The number of hydrogen-bond donors (Lipinski definition) is 1. The van der Waals surface area contributed by atoms with Crippen LogP contribution in [0.4, 0.5) is 0 Å². The summed E-state index contributed by atoms with van der Waals surface area (Å²) in [5.74, 6) is 0.810. The smallest absolute Gasteiger partial charge is 0.359 e. The quantitative estimate of drug-likeness (QED) is 0.770. The lowest BCUT2D eigenvalue weighted by molar-refractivity contribution is -0.716. The first kappa shape index (κ1) is 9.92. The number of rotatable bonds is 2. The van der Waals surface area contributed by atoms with Gasteiger partial charge in [0.2, 0.25) is 0 Å². The molecule has 2 rings (SSSR count). The molecule has 1 aromatic carbocycles. The summed E-state index contributed by atoms with van der Waals surface area (Å²) in [6.45, 7) is 0. The predicted octanol–water partition coefficient (Wildman–Crippen LogP) is 0.937. The molecule has 15 heavy (non-hydrogen) atoms. The first-order valence-electron chi connectivity index (χ1n) is 4.44. The van der Waals surface area contributed by atoms with Crippen molar-refractivity contribution in [2.45, 2.75) is 0 Å². The summed E-state index contributed by atoms with van der Waals surface area (Å²) in [6, 6.07) is 7.61. The molecule has 2 aromatic rings. The van der Waals surface area contributed by atoms with Gasteiger partial charge in [0.05, 0.1) is 12.7 Å². The van der Waals surface area contributed by atoms with Crippen LogP contribution in [0.15, 0.2) is 29.1 Å². The van der Waals surface area contributed by atoms with Crippen LogP contribution in [0.5, 0.6) is 5.75 Å². The molecule has 0 aliphatic rings. The van der Waals surface area contributed by atoms with Crippen molar-refractivity contribution in [3.8, 4) is 16.3 Å². The lowest BCUT2D eigenvalue weighted by atomic mass is 10.2. The molecular formula is C10H11N2O2S+. The highest BCUT2D eigenvalue weighted by Gasteiger charge is 2.14. The third-order valence-corrected chi connectivity index (χ3v) is 3.07. The monoisotopic (exact) mass is 223 g/mol. The number of nitrogens with zero attached hydrogens (tertiary/aromatic N) is 1. The van der Waals surface area contributed by atoms with Crippen LogP contribution >= 0.6 is 11.3 Å². The highest BCUT2D eigenvalue weighted by Crippen LogP contribution is 2.20. The average molecular weight is 223 g/mol. The van der Waals surface area contributed by atoms with Crippen LogP contribution in [0.25, 0.3) is 10.6 Å². The molecule has 4 nitrogen and oxygen atoms in total. The average Bonchev–Trinajstić information content (AvgIpc) is 2.58. The molecule has 1 aromatic heterocycles. The van der Waals surface area contributed by atoms with Crippen LogP contribution in [-0.2, 0) is 7.05 Å². The summed E-state index contributed by atoms with van der Waals surface area (Å²) in [5.41, 5.74) is 1.00. The minimum atomic E-state index is -0.0525. The number of H-pyrrole nitrogens is 1. The van der Waals surface area contributed by atoms with E-state index in [9.17, 15) is 4.79 Å². The molecule has 0 fully saturated rings. The summed E-state index contributed by atoms with van der Waals surface area (Å²) in [6.07, 6.45) is 0. The minimum absolute atomic E-state index is 0.0525. The second kappa shape index (κ2) is 3.86. The second-order valence-corrected chi connectivity index (χ2v) is 4.06. The van der Waals surface area contributed by atoms with E-state index in [0.717, 1.165) is 16.3 Å². The standard InChI is InChI=1S/C10H10N2O2S/c1-12-9(15-10(13)11-12)7-3-5-8(14-2)6-4-7/h3-6H,1-2H3/p+1. The zero-order chi connectivity index (χ0) is 10.8. The Labute approximate surface area is 90.8 Å². The van der Waals surface area contributed by atoms with Gasteiger partial charge < -0.3 is 4.74 Å². The highest BCUT2D eigenvalue weighted by molar-refractivity contribution is 7.12. The fourth-order valence-corrected chi connectivity index (χ4v) is 2.15. The van der Waals surface area contributed by atoms with Crippen LogP contribution in [-0.4, -0.2) is 12.2 Å². The molecule has 1 heterocycles. The Morgan fingerprint density at radius 2 is 2.00 bits per heavy atom. The molecular weight excluding hydrogens is 212 g/mol.